The van der Waals surface area contributed by atoms with Crippen LogP contribution in [0.2, 0.25) is 0 Å². The highest BCUT2D eigenvalue weighted by Crippen LogP contribution is 2.32. The molecule has 1 atom stereocenters. The minimum absolute atomic E-state index is 0.0747. The predicted octanol–water partition coefficient (Wildman–Crippen LogP) is 3.14. The van der Waals surface area contributed by atoms with Gasteiger partial charge in [0.15, 0.2) is 0 Å². The zero-order valence-corrected chi connectivity index (χ0v) is 17.7. The first kappa shape index (κ1) is 20.9. The average Bonchev–Trinajstić information content (AvgIpc) is 2.54. The largest absolute Gasteiger partial charge is 0.356 e. The van der Waals surface area contributed by atoms with E-state index in [-0.39, 0.29) is 17.2 Å². The third-order valence-corrected chi connectivity index (χ3v) is 7.22. The van der Waals surface area contributed by atoms with E-state index in [0.717, 1.165) is 29.5 Å². The fourth-order valence-corrected chi connectivity index (χ4v) is 5.25. The number of hydrogen-bond acceptors (Lipinski definition) is 3. The molecule has 0 saturated carbocycles. The van der Waals surface area contributed by atoms with E-state index in [1.54, 1.807) is 4.31 Å². The van der Waals surface area contributed by atoms with Gasteiger partial charge in [-0.25, -0.2) is 8.42 Å². The summed E-state index contributed by atoms with van der Waals surface area (Å²) in [7, 11) is -3.55. The van der Waals surface area contributed by atoms with Crippen LogP contribution in [0, 0.1) is 19.8 Å². The Bertz CT molecular complexity index is 779. The standard InChI is InChI=1S/C20H32N2O3S/c1-14-10-18(20(4,5)6)11-19(15(14)2)26(24,25)22-9-7-8-17(13-22)12-21-16(3)23/h10-11,17H,7-9,12-13H2,1-6H3,(H,21,23). The maximum absolute atomic E-state index is 13.4. The van der Waals surface area contributed by atoms with Crippen LogP contribution in [0.5, 0.6) is 0 Å². The molecular formula is C20H32N2O3S. The van der Waals surface area contributed by atoms with Crippen molar-refractivity contribution in [1.29, 1.82) is 0 Å². The van der Waals surface area contributed by atoms with E-state index in [4.69, 9.17) is 0 Å². The molecule has 1 aromatic rings. The van der Waals surface area contributed by atoms with Crippen molar-refractivity contribution in [1.82, 2.24) is 9.62 Å². The Balaban J connectivity index is 2.34. The minimum atomic E-state index is -3.55. The summed E-state index contributed by atoms with van der Waals surface area (Å²) in [5.41, 5.74) is 2.74. The molecule has 1 heterocycles. The summed E-state index contributed by atoms with van der Waals surface area (Å²) >= 11 is 0. The van der Waals surface area contributed by atoms with Gasteiger partial charge in [-0.3, -0.25) is 4.79 Å². The monoisotopic (exact) mass is 380 g/mol. The minimum Gasteiger partial charge on any atom is -0.356 e. The maximum atomic E-state index is 13.4. The molecule has 26 heavy (non-hydrogen) atoms. The van der Waals surface area contributed by atoms with Crippen molar-refractivity contribution in [2.75, 3.05) is 19.6 Å². The van der Waals surface area contributed by atoms with Crippen LogP contribution in [0.25, 0.3) is 0 Å². The van der Waals surface area contributed by atoms with Crippen LogP contribution < -0.4 is 5.32 Å². The normalized spacial score (nSPS) is 19.4. The van der Waals surface area contributed by atoms with Gasteiger partial charge in [0.2, 0.25) is 15.9 Å². The lowest BCUT2D eigenvalue weighted by Gasteiger charge is -2.33. The smallest absolute Gasteiger partial charge is 0.243 e. The maximum Gasteiger partial charge on any atom is 0.243 e. The molecule has 5 nitrogen and oxygen atoms in total. The summed E-state index contributed by atoms with van der Waals surface area (Å²) in [5.74, 6) is 0.0870. The molecule has 6 heteroatoms. The molecule has 0 aliphatic carbocycles. The van der Waals surface area contributed by atoms with E-state index < -0.39 is 10.0 Å². The quantitative estimate of drug-likeness (QED) is 0.873. The number of rotatable bonds is 4. The van der Waals surface area contributed by atoms with Gasteiger partial charge in [0.05, 0.1) is 4.90 Å². The summed E-state index contributed by atoms with van der Waals surface area (Å²) < 4.78 is 28.3. The van der Waals surface area contributed by atoms with Gasteiger partial charge >= 0.3 is 0 Å². The lowest BCUT2D eigenvalue weighted by Crippen LogP contribution is -2.43. The Morgan fingerprint density at radius 2 is 1.92 bits per heavy atom. The molecule has 1 aliphatic heterocycles. The number of carbonyl (C=O) groups excluding carboxylic acids is 1. The highest BCUT2D eigenvalue weighted by atomic mass is 32.2. The summed E-state index contributed by atoms with van der Waals surface area (Å²) in [6.07, 6.45) is 1.76. The van der Waals surface area contributed by atoms with E-state index in [2.05, 4.69) is 32.2 Å². The van der Waals surface area contributed by atoms with Gasteiger partial charge in [-0.05, 0) is 60.8 Å². The lowest BCUT2D eigenvalue weighted by atomic mass is 9.85. The van der Waals surface area contributed by atoms with Crippen molar-refractivity contribution < 1.29 is 13.2 Å². The molecule has 1 N–H and O–H groups in total. The molecular weight excluding hydrogens is 348 g/mol. The summed E-state index contributed by atoms with van der Waals surface area (Å²) in [6.45, 7) is 13.2. The van der Waals surface area contributed by atoms with Crippen LogP contribution in [-0.2, 0) is 20.2 Å². The number of aryl methyl sites for hydroxylation is 1. The van der Waals surface area contributed by atoms with Gasteiger partial charge in [0.25, 0.3) is 0 Å². The topological polar surface area (TPSA) is 66.5 Å². The second kappa shape index (κ2) is 7.69. The highest BCUT2D eigenvalue weighted by molar-refractivity contribution is 7.89. The van der Waals surface area contributed by atoms with Crippen LogP contribution >= 0.6 is 0 Å². The number of nitrogens with zero attached hydrogens (tertiary/aromatic N) is 1. The SMILES string of the molecule is CC(=O)NCC1CCCN(S(=O)(=O)c2cc(C(C)(C)C)cc(C)c2C)C1. The molecule has 0 bridgehead atoms. The molecule has 0 spiro atoms. The Kier molecular flexibility index (Phi) is 6.18. The van der Waals surface area contributed by atoms with Gasteiger partial charge in [-0.15, -0.1) is 0 Å². The van der Waals surface area contributed by atoms with Gasteiger partial charge < -0.3 is 5.32 Å². The Morgan fingerprint density at radius 3 is 2.50 bits per heavy atom. The fourth-order valence-electron chi connectivity index (χ4n) is 3.37. The van der Waals surface area contributed by atoms with E-state index in [9.17, 15) is 13.2 Å². The molecule has 1 aliphatic rings. The summed E-state index contributed by atoms with van der Waals surface area (Å²) in [5, 5.41) is 2.82. The van der Waals surface area contributed by atoms with Crippen molar-refractivity contribution in [3.8, 4) is 0 Å². The van der Waals surface area contributed by atoms with E-state index >= 15 is 0 Å². The molecule has 1 amide bonds. The Morgan fingerprint density at radius 1 is 1.27 bits per heavy atom. The van der Waals surface area contributed by atoms with Crippen LogP contribution in [0.15, 0.2) is 17.0 Å². The van der Waals surface area contributed by atoms with Gasteiger partial charge in [-0.1, -0.05) is 26.8 Å². The van der Waals surface area contributed by atoms with Crippen molar-refractivity contribution >= 4 is 15.9 Å². The average molecular weight is 381 g/mol. The molecule has 2 rings (SSSR count). The lowest BCUT2D eigenvalue weighted by molar-refractivity contribution is -0.119. The van der Waals surface area contributed by atoms with Crippen molar-refractivity contribution in [2.45, 2.75) is 64.7 Å². The van der Waals surface area contributed by atoms with E-state index in [1.165, 1.54) is 6.92 Å². The molecule has 0 aromatic heterocycles. The van der Waals surface area contributed by atoms with Gasteiger partial charge in [0.1, 0.15) is 0 Å². The van der Waals surface area contributed by atoms with Crippen LogP contribution in [-0.4, -0.2) is 38.3 Å². The molecule has 1 aromatic carbocycles. The Labute approximate surface area is 158 Å². The third kappa shape index (κ3) is 4.65. The van der Waals surface area contributed by atoms with Crippen LogP contribution in [0.1, 0.15) is 57.2 Å². The zero-order valence-electron chi connectivity index (χ0n) is 16.8. The number of hydrogen-bond donors (Lipinski definition) is 1. The molecule has 146 valence electrons. The van der Waals surface area contributed by atoms with Crippen LogP contribution in [0.4, 0.5) is 0 Å². The summed E-state index contributed by atoms with van der Waals surface area (Å²) in [6, 6.07) is 3.93. The first-order valence-electron chi connectivity index (χ1n) is 9.29. The molecule has 0 radical (unpaired) electrons. The number of carbonyl (C=O) groups is 1. The van der Waals surface area contributed by atoms with Crippen molar-refractivity contribution in [3.63, 3.8) is 0 Å². The predicted molar refractivity (Wildman–Crippen MR) is 105 cm³/mol. The van der Waals surface area contributed by atoms with E-state index in [1.807, 2.05) is 19.9 Å². The highest BCUT2D eigenvalue weighted by Gasteiger charge is 2.32. The van der Waals surface area contributed by atoms with Gasteiger partial charge in [-0.2, -0.15) is 4.31 Å². The first-order chi connectivity index (χ1) is 11.9. The molecule has 1 saturated heterocycles. The number of piperidine rings is 1. The first-order valence-corrected chi connectivity index (χ1v) is 10.7. The zero-order chi connectivity index (χ0) is 19.7. The van der Waals surface area contributed by atoms with Crippen molar-refractivity contribution in [3.05, 3.63) is 28.8 Å². The van der Waals surface area contributed by atoms with E-state index in [0.29, 0.717) is 24.5 Å². The van der Waals surface area contributed by atoms with Gasteiger partial charge in [0, 0.05) is 26.6 Å². The second-order valence-electron chi connectivity index (χ2n) is 8.47. The third-order valence-electron chi connectivity index (χ3n) is 5.22. The number of sulfonamides is 1. The Hall–Kier alpha value is -1.40. The fraction of sp³-hybridized carbons (Fsp3) is 0.650. The number of benzene rings is 1. The second-order valence-corrected chi connectivity index (χ2v) is 10.4. The van der Waals surface area contributed by atoms with Crippen molar-refractivity contribution in [2.24, 2.45) is 5.92 Å². The number of amides is 1. The molecule has 1 unspecified atom stereocenters. The number of nitrogens with one attached hydrogen (secondary N) is 1. The van der Waals surface area contributed by atoms with Crippen LogP contribution in [0.3, 0.4) is 0 Å². The molecule has 1 fully saturated rings. The summed E-state index contributed by atoms with van der Waals surface area (Å²) in [4.78, 5) is 11.6.